The third-order valence-corrected chi connectivity index (χ3v) is 0. The standard InChI is InChI=1S/Ni.H2O4S.W/c;1-5(2,3)4;/h;(H2,1,2,3,4);. The first-order valence-electron chi connectivity index (χ1n) is 0.698. The fourth-order valence-corrected chi connectivity index (χ4v) is 0. The molecule has 4 nitrogen and oxygen atoms in total. The zero-order valence-corrected chi connectivity index (χ0v) is 7.58. The largest absolute Gasteiger partial charge is 0.394 e. The van der Waals surface area contributed by atoms with Crippen LogP contribution in [0.3, 0.4) is 0 Å². The van der Waals surface area contributed by atoms with E-state index >= 15 is 0 Å². The van der Waals surface area contributed by atoms with Gasteiger partial charge in [-0.25, -0.2) is 0 Å². The van der Waals surface area contributed by atoms with Crippen LogP contribution in [0.5, 0.6) is 0 Å². The third-order valence-electron chi connectivity index (χ3n) is 0. The summed E-state index contributed by atoms with van der Waals surface area (Å²) in [7, 11) is -4.67. The molecule has 7 heavy (non-hydrogen) atoms. The molecule has 0 aromatic rings. The molecule has 0 amide bonds. The van der Waals surface area contributed by atoms with E-state index < -0.39 is 10.4 Å². The Kier molecular flexibility index (Phi) is 11.6. The van der Waals surface area contributed by atoms with Crippen molar-refractivity contribution in [3.8, 4) is 0 Å². The average molecular weight is 341 g/mol. The predicted octanol–water partition coefficient (Wildman–Crippen LogP) is -0.658. The summed E-state index contributed by atoms with van der Waals surface area (Å²) in [5.41, 5.74) is 0. The van der Waals surface area contributed by atoms with E-state index in [2.05, 4.69) is 0 Å². The zero-order chi connectivity index (χ0) is 4.50. The van der Waals surface area contributed by atoms with E-state index in [9.17, 15) is 0 Å². The quantitative estimate of drug-likeness (QED) is 0.454. The third kappa shape index (κ3) is 163. The molecule has 0 aromatic heterocycles. The molecular formula is H2NiO4SW. The van der Waals surface area contributed by atoms with Crippen molar-refractivity contribution in [1.29, 1.82) is 0 Å². The van der Waals surface area contributed by atoms with Crippen molar-refractivity contribution < 1.29 is 55.1 Å². The van der Waals surface area contributed by atoms with Gasteiger partial charge in [0.25, 0.3) is 0 Å². The maximum absolute atomic E-state index is 8.74. The Morgan fingerprint density at radius 3 is 1.14 bits per heavy atom. The van der Waals surface area contributed by atoms with Crippen LogP contribution in [-0.2, 0) is 48.0 Å². The summed E-state index contributed by atoms with van der Waals surface area (Å²) >= 11 is 0. The van der Waals surface area contributed by atoms with Crippen LogP contribution in [0.4, 0.5) is 0 Å². The summed E-state index contributed by atoms with van der Waals surface area (Å²) in [6.45, 7) is 0. The second-order valence-electron chi connectivity index (χ2n) is 0.448. The van der Waals surface area contributed by atoms with Crippen molar-refractivity contribution in [2.75, 3.05) is 0 Å². The Balaban J connectivity index is -0.0000000800. The van der Waals surface area contributed by atoms with Crippen LogP contribution in [0.15, 0.2) is 0 Å². The summed E-state index contributed by atoms with van der Waals surface area (Å²) in [6, 6.07) is 0. The van der Waals surface area contributed by atoms with Gasteiger partial charge in [-0.3, -0.25) is 9.11 Å². The molecule has 0 spiro atoms. The molecule has 0 bridgehead atoms. The van der Waals surface area contributed by atoms with Gasteiger partial charge in [-0.05, 0) is 0 Å². The van der Waals surface area contributed by atoms with Gasteiger partial charge in [-0.1, -0.05) is 0 Å². The molecule has 7 heteroatoms. The first-order chi connectivity index (χ1) is 2.00. The topological polar surface area (TPSA) is 74.6 Å². The molecule has 0 saturated heterocycles. The summed E-state index contributed by atoms with van der Waals surface area (Å²) in [4.78, 5) is 0. The molecule has 0 rings (SSSR count). The summed E-state index contributed by atoms with van der Waals surface area (Å²) in [5.74, 6) is 0. The van der Waals surface area contributed by atoms with Crippen LogP contribution >= 0.6 is 0 Å². The van der Waals surface area contributed by atoms with E-state index in [1.54, 1.807) is 0 Å². The van der Waals surface area contributed by atoms with Crippen molar-refractivity contribution >= 4 is 10.4 Å². The molecule has 0 aliphatic carbocycles. The van der Waals surface area contributed by atoms with E-state index in [1.165, 1.54) is 0 Å². The molecule has 2 N–H and O–H groups in total. The maximum atomic E-state index is 8.74. The first-order valence-corrected chi connectivity index (χ1v) is 2.10. The summed E-state index contributed by atoms with van der Waals surface area (Å²) < 4.78 is 31.6. The van der Waals surface area contributed by atoms with Gasteiger partial charge in [0, 0.05) is 37.6 Å². The maximum Gasteiger partial charge on any atom is 0.394 e. The van der Waals surface area contributed by atoms with Crippen LogP contribution in [-0.4, -0.2) is 17.5 Å². The second kappa shape index (κ2) is 5.19. The van der Waals surface area contributed by atoms with Crippen molar-refractivity contribution in [2.45, 2.75) is 0 Å². The van der Waals surface area contributed by atoms with Gasteiger partial charge in [0.1, 0.15) is 0 Å². The normalized spacial score (nSPS) is 8.29. The average Bonchev–Trinajstić information content (AvgIpc) is 0.722. The summed E-state index contributed by atoms with van der Waals surface area (Å²) in [5, 5.41) is 0. The second-order valence-corrected chi connectivity index (χ2v) is 1.34. The van der Waals surface area contributed by atoms with Crippen molar-refractivity contribution in [3.05, 3.63) is 0 Å². The fourth-order valence-electron chi connectivity index (χ4n) is 0. The van der Waals surface area contributed by atoms with Gasteiger partial charge in [0.2, 0.25) is 0 Å². The Bertz CT molecular complexity index is 94.9. The molecule has 0 atom stereocenters. The van der Waals surface area contributed by atoms with E-state index in [1.807, 2.05) is 0 Å². The molecule has 0 aliphatic rings. The fraction of sp³-hybridized carbons (Fsp3) is 0. The Morgan fingerprint density at radius 2 is 1.14 bits per heavy atom. The Morgan fingerprint density at radius 1 is 1.14 bits per heavy atom. The molecule has 0 radical (unpaired) electrons. The van der Waals surface area contributed by atoms with Gasteiger partial charge in [0.05, 0.1) is 0 Å². The van der Waals surface area contributed by atoms with Gasteiger partial charge in [0.15, 0.2) is 0 Å². The van der Waals surface area contributed by atoms with E-state index in [0.717, 1.165) is 0 Å². The smallest absolute Gasteiger partial charge is 0.264 e. The van der Waals surface area contributed by atoms with Crippen LogP contribution in [0.1, 0.15) is 0 Å². The van der Waals surface area contributed by atoms with E-state index in [-0.39, 0.29) is 37.6 Å². The molecular weight excluding hydrogens is 339 g/mol. The first kappa shape index (κ1) is 15.7. The van der Waals surface area contributed by atoms with Crippen molar-refractivity contribution in [3.63, 3.8) is 0 Å². The van der Waals surface area contributed by atoms with E-state index in [0.29, 0.717) is 0 Å². The number of rotatable bonds is 0. The molecule has 0 heterocycles. The van der Waals surface area contributed by atoms with Gasteiger partial charge in [-0.15, -0.1) is 0 Å². The predicted molar refractivity (Wildman–Crippen MR) is 14.2 cm³/mol. The molecule has 0 aliphatic heterocycles. The van der Waals surface area contributed by atoms with Gasteiger partial charge in [-0.2, -0.15) is 8.42 Å². The minimum Gasteiger partial charge on any atom is -0.264 e. The molecule has 48 valence electrons. The van der Waals surface area contributed by atoms with Crippen LogP contribution < -0.4 is 0 Å². The van der Waals surface area contributed by atoms with Gasteiger partial charge >= 0.3 is 10.4 Å². The Hall–Kier alpha value is 1.05. The van der Waals surface area contributed by atoms with Gasteiger partial charge < -0.3 is 0 Å². The number of hydrogen-bond donors (Lipinski definition) is 2. The molecule has 0 fully saturated rings. The minimum absolute atomic E-state index is 0. The minimum atomic E-state index is -4.67. The van der Waals surface area contributed by atoms with Crippen molar-refractivity contribution in [2.24, 2.45) is 0 Å². The monoisotopic (exact) mass is 340 g/mol. The van der Waals surface area contributed by atoms with Crippen LogP contribution in [0, 0.1) is 0 Å². The van der Waals surface area contributed by atoms with Crippen molar-refractivity contribution in [1.82, 2.24) is 0 Å². The molecule has 0 saturated carbocycles. The summed E-state index contributed by atoms with van der Waals surface area (Å²) in [6.07, 6.45) is 0. The SMILES string of the molecule is O=S(=O)(O)O.[Ni].[W]. The van der Waals surface area contributed by atoms with Crippen LogP contribution in [0.25, 0.3) is 0 Å². The Labute approximate surface area is 65.4 Å². The van der Waals surface area contributed by atoms with Crippen LogP contribution in [0.2, 0.25) is 0 Å². The molecule has 0 unspecified atom stereocenters. The van der Waals surface area contributed by atoms with E-state index in [4.69, 9.17) is 17.5 Å². The molecule has 0 aromatic carbocycles. The number of hydrogen-bond acceptors (Lipinski definition) is 2. The zero-order valence-electron chi connectivity index (χ0n) is 2.84.